The van der Waals surface area contributed by atoms with Crippen LogP contribution in [0.5, 0.6) is 0 Å². The van der Waals surface area contributed by atoms with Gasteiger partial charge in [-0.1, -0.05) is 26.8 Å². The van der Waals surface area contributed by atoms with E-state index in [0.29, 0.717) is 6.07 Å². The molecule has 0 heterocycles. The van der Waals surface area contributed by atoms with Crippen LogP contribution in [0.15, 0.2) is 23.1 Å². The summed E-state index contributed by atoms with van der Waals surface area (Å²) < 4.78 is 61.5. The van der Waals surface area contributed by atoms with Gasteiger partial charge in [0.15, 0.2) is 9.84 Å². The third-order valence-electron chi connectivity index (χ3n) is 2.53. The lowest BCUT2D eigenvalue weighted by molar-refractivity contribution is -0.138. The molecule has 0 aliphatic carbocycles. The number of hydrogen-bond acceptors (Lipinski definition) is 2. The molecule has 0 saturated heterocycles. The van der Waals surface area contributed by atoms with Crippen LogP contribution >= 0.6 is 0 Å². The van der Waals surface area contributed by atoms with Crippen molar-refractivity contribution in [2.24, 2.45) is 0 Å². The minimum absolute atomic E-state index is 0.0856. The Balaban J connectivity index is 3.60. The second kappa shape index (κ2) is 4.26. The summed E-state index contributed by atoms with van der Waals surface area (Å²) in [7, 11) is -3.65. The Labute approximate surface area is 105 Å². The van der Waals surface area contributed by atoms with Gasteiger partial charge in [0.1, 0.15) is 0 Å². The van der Waals surface area contributed by atoms with Gasteiger partial charge >= 0.3 is 6.18 Å². The molecule has 2 nitrogen and oxygen atoms in total. The fraction of sp³-hybridized carbons (Fsp3) is 0.500. The van der Waals surface area contributed by atoms with Gasteiger partial charge in [-0.2, -0.15) is 13.2 Å². The molecule has 0 fully saturated rings. The van der Waals surface area contributed by atoms with E-state index in [1.807, 2.05) is 0 Å². The number of benzene rings is 1. The van der Waals surface area contributed by atoms with Crippen molar-refractivity contribution in [3.05, 3.63) is 29.3 Å². The molecule has 0 unspecified atom stereocenters. The lowest BCUT2D eigenvalue weighted by Gasteiger charge is -2.24. The van der Waals surface area contributed by atoms with Crippen molar-refractivity contribution < 1.29 is 21.6 Å². The maximum Gasteiger partial charge on any atom is 0.416 e. The van der Waals surface area contributed by atoms with E-state index in [9.17, 15) is 21.6 Å². The number of alkyl halides is 3. The zero-order chi connectivity index (χ0) is 14.4. The molecule has 0 bridgehead atoms. The molecule has 102 valence electrons. The number of rotatable bonds is 1. The van der Waals surface area contributed by atoms with Crippen molar-refractivity contribution in [3.8, 4) is 0 Å². The van der Waals surface area contributed by atoms with E-state index in [2.05, 4.69) is 0 Å². The van der Waals surface area contributed by atoms with Crippen LogP contribution in [0.3, 0.4) is 0 Å². The first kappa shape index (κ1) is 15.0. The molecule has 1 aromatic rings. The molecule has 1 aromatic carbocycles. The molecule has 0 spiro atoms. The van der Waals surface area contributed by atoms with Gasteiger partial charge < -0.3 is 0 Å². The van der Waals surface area contributed by atoms with E-state index in [1.165, 1.54) is 12.1 Å². The zero-order valence-corrected chi connectivity index (χ0v) is 11.4. The first-order chi connectivity index (χ1) is 7.83. The fourth-order valence-corrected chi connectivity index (χ4v) is 2.29. The standard InChI is InChI=1S/C12H15F3O2S/c1-11(2,3)9-6-5-8(18(4,16)17)7-10(9)12(13,14)15/h5-7H,1-4H3. The number of sulfone groups is 1. The molecule has 0 radical (unpaired) electrons. The highest BCUT2D eigenvalue weighted by molar-refractivity contribution is 7.90. The molecular formula is C12H15F3O2S. The lowest BCUT2D eigenvalue weighted by Crippen LogP contribution is -2.20. The summed E-state index contributed by atoms with van der Waals surface area (Å²) in [5, 5.41) is 0. The second-order valence-corrected chi connectivity index (χ2v) is 7.24. The summed E-state index contributed by atoms with van der Waals surface area (Å²) in [4.78, 5) is -0.317. The molecule has 6 heteroatoms. The van der Waals surface area contributed by atoms with Crippen molar-refractivity contribution in [2.75, 3.05) is 6.26 Å². The van der Waals surface area contributed by atoms with Crippen molar-refractivity contribution in [1.82, 2.24) is 0 Å². The predicted molar refractivity (Wildman–Crippen MR) is 63.3 cm³/mol. The summed E-state index contributed by atoms with van der Waals surface area (Å²) in [6, 6.07) is 3.15. The Kier molecular flexibility index (Phi) is 3.55. The largest absolute Gasteiger partial charge is 0.416 e. The van der Waals surface area contributed by atoms with Crippen LogP contribution in [-0.4, -0.2) is 14.7 Å². The van der Waals surface area contributed by atoms with Gasteiger partial charge in [-0.25, -0.2) is 8.42 Å². The Hall–Kier alpha value is -1.04. The predicted octanol–water partition coefficient (Wildman–Crippen LogP) is 3.41. The van der Waals surface area contributed by atoms with Crippen LogP contribution in [-0.2, 0) is 21.4 Å². The van der Waals surface area contributed by atoms with Gasteiger partial charge in [-0.15, -0.1) is 0 Å². The van der Waals surface area contributed by atoms with E-state index in [4.69, 9.17) is 0 Å². The van der Waals surface area contributed by atoms with Gasteiger partial charge in [0.05, 0.1) is 10.5 Å². The van der Waals surface area contributed by atoms with E-state index < -0.39 is 27.0 Å². The van der Waals surface area contributed by atoms with Crippen LogP contribution in [0.2, 0.25) is 0 Å². The van der Waals surface area contributed by atoms with Crippen LogP contribution in [0.4, 0.5) is 13.2 Å². The summed E-state index contributed by atoms with van der Waals surface area (Å²) in [6.07, 6.45) is -3.68. The van der Waals surface area contributed by atoms with E-state index in [0.717, 1.165) is 6.26 Å². The minimum atomic E-state index is -4.57. The van der Waals surface area contributed by atoms with Crippen molar-refractivity contribution in [2.45, 2.75) is 37.3 Å². The van der Waals surface area contributed by atoms with Gasteiger partial charge in [-0.3, -0.25) is 0 Å². The molecule has 0 aliphatic rings. The highest BCUT2D eigenvalue weighted by Gasteiger charge is 2.37. The number of halogens is 3. The molecule has 0 aliphatic heterocycles. The van der Waals surface area contributed by atoms with Crippen molar-refractivity contribution >= 4 is 9.84 Å². The van der Waals surface area contributed by atoms with E-state index >= 15 is 0 Å². The summed E-state index contributed by atoms with van der Waals surface area (Å²) in [5.74, 6) is 0. The maximum absolute atomic E-state index is 13.0. The monoisotopic (exact) mass is 280 g/mol. The smallest absolute Gasteiger partial charge is 0.224 e. The maximum atomic E-state index is 13.0. The quantitative estimate of drug-likeness (QED) is 0.790. The van der Waals surface area contributed by atoms with E-state index in [1.54, 1.807) is 20.8 Å². The Bertz CT molecular complexity index is 552. The summed E-state index contributed by atoms with van der Waals surface area (Å²) in [6.45, 7) is 4.95. The fourth-order valence-electron chi connectivity index (χ4n) is 1.64. The molecule has 0 atom stereocenters. The van der Waals surface area contributed by atoms with Crippen LogP contribution in [0, 0.1) is 0 Å². The molecule has 0 amide bonds. The third-order valence-corrected chi connectivity index (χ3v) is 3.64. The average molecular weight is 280 g/mol. The molecule has 18 heavy (non-hydrogen) atoms. The molecule has 1 rings (SSSR count). The van der Waals surface area contributed by atoms with Crippen LogP contribution < -0.4 is 0 Å². The second-order valence-electron chi connectivity index (χ2n) is 5.23. The van der Waals surface area contributed by atoms with Gasteiger partial charge in [0.2, 0.25) is 0 Å². The topological polar surface area (TPSA) is 34.1 Å². The summed E-state index contributed by atoms with van der Waals surface area (Å²) >= 11 is 0. The minimum Gasteiger partial charge on any atom is -0.224 e. The Morgan fingerprint density at radius 1 is 1.00 bits per heavy atom. The van der Waals surface area contributed by atoms with Crippen LogP contribution in [0.25, 0.3) is 0 Å². The van der Waals surface area contributed by atoms with Crippen molar-refractivity contribution in [1.29, 1.82) is 0 Å². The summed E-state index contributed by atoms with van der Waals surface area (Å²) in [5.41, 5.74) is -1.51. The molecule has 0 N–H and O–H groups in total. The first-order valence-electron chi connectivity index (χ1n) is 5.25. The molecule has 0 saturated carbocycles. The van der Waals surface area contributed by atoms with Crippen LogP contribution in [0.1, 0.15) is 31.9 Å². The highest BCUT2D eigenvalue weighted by Crippen LogP contribution is 2.38. The van der Waals surface area contributed by atoms with Gasteiger partial charge in [0, 0.05) is 6.26 Å². The Morgan fingerprint density at radius 2 is 1.50 bits per heavy atom. The normalized spacial score (nSPS) is 13.7. The SMILES string of the molecule is CC(C)(C)c1ccc(S(C)(=O)=O)cc1C(F)(F)F. The molecular weight excluding hydrogens is 265 g/mol. The first-order valence-corrected chi connectivity index (χ1v) is 7.14. The van der Waals surface area contributed by atoms with Gasteiger partial charge in [-0.05, 0) is 23.1 Å². The third kappa shape index (κ3) is 3.25. The zero-order valence-electron chi connectivity index (χ0n) is 10.6. The highest BCUT2D eigenvalue weighted by atomic mass is 32.2. The average Bonchev–Trinajstić information content (AvgIpc) is 2.12. The van der Waals surface area contributed by atoms with Crippen molar-refractivity contribution in [3.63, 3.8) is 0 Å². The molecule has 0 aromatic heterocycles. The number of hydrogen-bond donors (Lipinski definition) is 0. The Morgan fingerprint density at radius 3 is 1.83 bits per heavy atom. The van der Waals surface area contributed by atoms with Gasteiger partial charge in [0.25, 0.3) is 0 Å². The lowest BCUT2D eigenvalue weighted by atomic mass is 9.83. The van der Waals surface area contributed by atoms with E-state index in [-0.39, 0.29) is 10.5 Å².